The lowest BCUT2D eigenvalue weighted by atomic mass is 9.98. The van der Waals surface area contributed by atoms with Gasteiger partial charge in [0.1, 0.15) is 5.75 Å². The highest BCUT2D eigenvalue weighted by Crippen LogP contribution is 2.26. The molecule has 1 unspecified atom stereocenters. The van der Waals surface area contributed by atoms with E-state index in [4.69, 9.17) is 4.74 Å². The molecule has 6 nitrogen and oxygen atoms in total. The summed E-state index contributed by atoms with van der Waals surface area (Å²) in [5, 5.41) is 6.02. The van der Waals surface area contributed by atoms with E-state index >= 15 is 0 Å². The molecule has 3 rings (SSSR count). The molecule has 0 spiro atoms. The molecule has 2 aromatic rings. The zero-order valence-electron chi connectivity index (χ0n) is 18.9. The van der Waals surface area contributed by atoms with Crippen LogP contribution < -0.4 is 15.4 Å². The molecule has 0 saturated heterocycles. The Morgan fingerprint density at radius 1 is 1.10 bits per heavy atom. The average Bonchev–Trinajstić information content (AvgIpc) is 2.72. The third kappa shape index (κ3) is 6.48. The van der Waals surface area contributed by atoms with Crippen LogP contribution in [0, 0.1) is 0 Å². The van der Waals surface area contributed by atoms with Crippen molar-refractivity contribution in [3.8, 4) is 5.75 Å². The van der Waals surface area contributed by atoms with Crippen molar-refractivity contribution < 1.29 is 14.3 Å². The van der Waals surface area contributed by atoms with Crippen molar-refractivity contribution in [2.75, 3.05) is 11.9 Å². The van der Waals surface area contributed by atoms with Crippen LogP contribution in [0.15, 0.2) is 42.5 Å². The van der Waals surface area contributed by atoms with E-state index in [9.17, 15) is 9.59 Å². The molecule has 0 saturated carbocycles. The third-order valence-electron chi connectivity index (χ3n) is 5.39. The number of hydrogen-bond donors (Lipinski definition) is 2. The van der Waals surface area contributed by atoms with Gasteiger partial charge in [-0.05, 0) is 74.9 Å². The van der Waals surface area contributed by atoms with Crippen LogP contribution in [0.3, 0.4) is 0 Å². The first-order valence-corrected chi connectivity index (χ1v) is 11.0. The highest BCUT2D eigenvalue weighted by atomic mass is 16.5. The summed E-state index contributed by atoms with van der Waals surface area (Å²) < 4.78 is 5.68. The van der Waals surface area contributed by atoms with E-state index in [1.807, 2.05) is 56.0 Å². The number of nitrogens with one attached hydrogen (secondary N) is 2. The maximum atomic E-state index is 12.8. The number of aryl methyl sites for hydroxylation is 1. The van der Waals surface area contributed by atoms with E-state index in [0.717, 1.165) is 41.8 Å². The summed E-state index contributed by atoms with van der Waals surface area (Å²) in [4.78, 5) is 26.0. The molecule has 31 heavy (non-hydrogen) atoms. The van der Waals surface area contributed by atoms with Gasteiger partial charge in [-0.2, -0.15) is 0 Å². The van der Waals surface area contributed by atoms with Crippen molar-refractivity contribution in [2.45, 2.75) is 65.6 Å². The number of anilines is 1. The number of ether oxygens (including phenoxy) is 1. The standard InChI is InChI=1S/C25H33N3O3/c1-17(2)31-22-12-10-20(11-13-22)9-8-18(3)26-25(30)28-15-14-23-21(16-28)6-5-7-24(23)27-19(4)29/h5-7,10-13,17-18H,8-9,14-16H2,1-4H3,(H,26,30)(H,27,29). The summed E-state index contributed by atoms with van der Waals surface area (Å²) >= 11 is 0. The predicted molar refractivity (Wildman–Crippen MR) is 123 cm³/mol. The molecule has 0 aromatic heterocycles. The Morgan fingerprint density at radius 3 is 2.52 bits per heavy atom. The Balaban J connectivity index is 1.50. The lowest BCUT2D eigenvalue weighted by molar-refractivity contribution is -0.114. The number of hydrogen-bond acceptors (Lipinski definition) is 3. The number of rotatable bonds is 7. The summed E-state index contributed by atoms with van der Waals surface area (Å²) in [6.45, 7) is 8.78. The normalized spacial score (nSPS) is 14.0. The molecule has 1 aliphatic rings. The lowest BCUT2D eigenvalue weighted by Gasteiger charge is -2.31. The average molecular weight is 424 g/mol. The first-order chi connectivity index (χ1) is 14.8. The van der Waals surface area contributed by atoms with Crippen molar-refractivity contribution >= 4 is 17.6 Å². The molecule has 1 heterocycles. The van der Waals surface area contributed by atoms with Gasteiger partial charge in [0.25, 0.3) is 0 Å². The minimum absolute atomic E-state index is 0.0382. The van der Waals surface area contributed by atoms with Gasteiger partial charge in [-0.1, -0.05) is 24.3 Å². The lowest BCUT2D eigenvalue weighted by Crippen LogP contribution is -2.46. The smallest absolute Gasteiger partial charge is 0.317 e. The summed E-state index contributed by atoms with van der Waals surface area (Å²) in [6, 6.07) is 14.1. The molecule has 1 atom stereocenters. The summed E-state index contributed by atoms with van der Waals surface area (Å²) in [5.74, 6) is 0.802. The molecule has 0 fully saturated rings. The van der Waals surface area contributed by atoms with Crippen LogP contribution in [0.25, 0.3) is 0 Å². The van der Waals surface area contributed by atoms with Gasteiger partial charge in [0.05, 0.1) is 6.10 Å². The monoisotopic (exact) mass is 423 g/mol. The fourth-order valence-corrected chi connectivity index (χ4v) is 3.85. The molecule has 1 aliphatic heterocycles. The molecule has 3 amide bonds. The second-order valence-electron chi connectivity index (χ2n) is 8.50. The fourth-order valence-electron chi connectivity index (χ4n) is 3.85. The number of benzene rings is 2. The van der Waals surface area contributed by atoms with Crippen LogP contribution in [-0.2, 0) is 24.2 Å². The maximum absolute atomic E-state index is 12.8. The molecule has 2 N–H and O–H groups in total. The van der Waals surface area contributed by atoms with Gasteiger partial charge in [0.2, 0.25) is 5.91 Å². The fraction of sp³-hybridized carbons (Fsp3) is 0.440. The van der Waals surface area contributed by atoms with E-state index in [1.54, 1.807) is 0 Å². The Hall–Kier alpha value is -3.02. The van der Waals surface area contributed by atoms with Crippen LogP contribution in [0.5, 0.6) is 5.75 Å². The molecule has 0 aliphatic carbocycles. The molecular weight excluding hydrogens is 390 g/mol. The van der Waals surface area contributed by atoms with Crippen LogP contribution >= 0.6 is 0 Å². The first-order valence-electron chi connectivity index (χ1n) is 11.0. The number of fused-ring (bicyclic) bond motifs is 1. The predicted octanol–water partition coefficient (Wildman–Crippen LogP) is 4.52. The second-order valence-corrected chi connectivity index (χ2v) is 8.50. The number of nitrogens with zero attached hydrogens (tertiary/aromatic N) is 1. The van der Waals surface area contributed by atoms with E-state index in [1.165, 1.54) is 12.5 Å². The van der Waals surface area contributed by atoms with Gasteiger partial charge in [0, 0.05) is 31.7 Å². The van der Waals surface area contributed by atoms with E-state index in [2.05, 4.69) is 22.8 Å². The summed E-state index contributed by atoms with van der Waals surface area (Å²) in [5.41, 5.74) is 4.29. The largest absolute Gasteiger partial charge is 0.491 e. The van der Waals surface area contributed by atoms with E-state index in [-0.39, 0.29) is 24.1 Å². The van der Waals surface area contributed by atoms with Gasteiger partial charge in [0.15, 0.2) is 0 Å². The molecule has 0 bridgehead atoms. The van der Waals surface area contributed by atoms with Crippen LogP contribution in [-0.4, -0.2) is 35.5 Å². The van der Waals surface area contributed by atoms with E-state index in [0.29, 0.717) is 13.1 Å². The molecule has 0 radical (unpaired) electrons. The summed E-state index contributed by atoms with van der Waals surface area (Å²) in [7, 11) is 0. The van der Waals surface area contributed by atoms with Crippen molar-refractivity contribution in [3.05, 3.63) is 59.2 Å². The van der Waals surface area contributed by atoms with Crippen molar-refractivity contribution in [1.29, 1.82) is 0 Å². The molecule has 166 valence electrons. The number of carbonyl (C=O) groups excluding carboxylic acids is 2. The SMILES string of the molecule is CC(=O)Nc1cccc2c1CCN(C(=O)NC(C)CCc1ccc(OC(C)C)cc1)C2. The first kappa shape index (κ1) is 22.7. The Kier molecular flexibility index (Phi) is 7.55. The van der Waals surface area contributed by atoms with Crippen molar-refractivity contribution in [3.63, 3.8) is 0 Å². The molecule has 2 aromatic carbocycles. The van der Waals surface area contributed by atoms with Gasteiger partial charge < -0.3 is 20.3 Å². The van der Waals surface area contributed by atoms with E-state index < -0.39 is 0 Å². The van der Waals surface area contributed by atoms with Gasteiger partial charge >= 0.3 is 6.03 Å². The van der Waals surface area contributed by atoms with Crippen LogP contribution in [0.2, 0.25) is 0 Å². The van der Waals surface area contributed by atoms with Crippen LogP contribution in [0.1, 0.15) is 50.8 Å². The quantitative estimate of drug-likeness (QED) is 0.688. The van der Waals surface area contributed by atoms with Crippen LogP contribution in [0.4, 0.5) is 10.5 Å². The Bertz CT molecular complexity index is 909. The zero-order chi connectivity index (χ0) is 22.4. The Morgan fingerprint density at radius 2 is 1.84 bits per heavy atom. The minimum Gasteiger partial charge on any atom is -0.491 e. The second kappa shape index (κ2) is 10.3. The van der Waals surface area contributed by atoms with Gasteiger partial charge in [-0.25, -0.2) is 4.79 Å². The van der Waals surface area contributed by atoms with Crippen molar-refractivity contribution in [1.82, 2.24) is 10.2 Å². The topological polar surface area (TPSA) is 70.7 Å². The van der Waals surface area contributed by atoms with Crippen molar-refractivity contribution in [2.24, 2.45) is 0 Å². The third-order valence-corrected chi connectivity index (χ3v) is 5.39. The summed E-state index contributed by atoms with van der Waals surface area (Å²) in [6.07, 6.45) is 2.66. The Labute approximate surface area is 185 Å². The zero-order valence-corrected chi connectivity index (χ0v) is 18.9. The number of carbonyl (C=O) groups is 2. The maximum Gasteiger partial charge on any atom is 0.317 e. The minimum atomic E-state index is -0.0792. The highest BCUT2D eigenvalue weighted by Gasteiger charge is 2.23. The number of urea groups is 1. The van der Waals surface area contributed by atoms with Gasteiger partial charge in [-0.15, -0.1) is 0 Å². The van der Waals surface area contributed by atoms with Gasteiger partial charge in [-0.3, -0.25) is 4.79 Å². The molecule has 6 heteroatoms. The molecular formula is C25H33N3O3. The number of amides is 3. The highest BCUT2D eigenvalue weighted by molar-refractivity contribution is 5.90.